The van der Waals surface area contributed by atoms with Crippen LogP contribution in [0, 0.1) is 6.92 Å². The van der Waals surface area contributed by atoms with Crippen LogP contribution in [0.25, 0.3) is 0 Å². The van der Waals surface area contributed by atoms with Gasteiger partial charge in [0.25, 0.3) is 5.91 Å². The number of nitrogens with zero attached hydrogens (tertiary/aromatic N) is 3. The van der Waals surface area contributed by atoms with E-state index in [4.69, 9.17) is 0 Å². The molecular formula is C11H9BrN4O. The van der Waals surface area contributed by atoms with Gasteiger partial charge in [0.1, 0.15) is 11.5 Å². The molecule has 0 unspecified atom stereocenters. The first-order chi connectivity index (χ1) is 8.16. The normalized spacial score (nSPS) is 10.0. The van der Waals surface area contributed by atoms with Crippen LogP contribution in [0.5, 0.6) is 0 Å². The Morgan fingerprint density at radius 1 is 1.29 bits per heavy atom. The molecule has 5 nitrogen and oxygen atoms in total. The molecule has 0 aliphatic rings. The van der Waals surface area contributed by atoms with Crippen LogP contribution in [-0.2, 0) is 0 Å². The van der Waals surface area contributed by atoms with E-state index in [0.717, 1.165) is 10.0 Å². The SMILES string of the molecule is Cc1cnc(NC(=O)c2cnccn2)c(Br)c1. The number of pyridine rings is 1. The summed E-state index contributed by atoms with van der Waals surface area (Å²) in [6, 6.07) is 1.87. The second kappa shape index (κ2) is 5.01. The minimum absolute atomic E-state index is 0.252. The molecular weight excluding hydrogens is 284 g/mol. The van der Waals surface area contributed by atoms with Gasteiger partial charge in [0.2, 0.25) is 0 Å². The Hall–Kier alpha value is -1.82. The van der Waals surface area contributed by atoms with Gasteiger partial charge in [0, 0.05) is 18.6 Å². The third-order valence-electron chi connectivity index (χ3n) is 2.01. The van der Waals surface area contributed by atoms with Crippen molar-refractivity contribution in [1.82, 2.24) is 15.0 Å². The third-order valence-corrected chi connectivity index (χ3v) is 2.61. The highest BCUT2D eigenvalue weighted by molar-refractivity contribution is 9.10. The monoisotopic (exact) mass is 292 g/mol. The Kier molecular flexibility index (Phi) is 3.43. The van der Waals surface area contributed by atoms with E-state index < -0.39 is 0 Å². The molecule has 0 atom stereocenters. The lowest BCUT2D eigenvalue weighted by Crippen LogP contribution is -2.15. The fourth-order valence-corrected chi connectivity index (χ4v) is 1.78. The lowest BCUT2D eigenvalue weighted by atomic mass is 10.3. The van der Waals surface area contributed by atoms with E-state index in [-0.39, 0.29) is 11.6 Å². The summed E-state index contributed by atoms with van der Waals surface area (Å²) < 4.78 is 0.731. The number of amides is 1. The molecule has 2 aromatic heterocycles. The van der Waals surface area contributed by atoms with Gasteiger partial charge in [-0.3, -0.25) is 9.78 Å². The van der Waals surface area contributed by atoms with Gasteiger partial charge >= 0.3 is 0 Å². The van der Waals surface area contributed by atoms with E-state index in [9.17, 15) is 4.79 Å². The van der Waals surface area contributed by atoms with Crippen molar-refractivity contribution in [1.29, 1.82) is 0 Å². The summed E-state index contributed by atoms with van der Waals surface area (Å²) in [5.41, 5.74) is 1.26. The predicted octanol–water partition coefficient (Wildman–Crippen LogP) is 2.19. The largest absolute Gasteiger partial charge is 0.304 e. The Bertz CT molecular complexity index is 544. The third kappa shape index (κ3) is 2.85. The molecule has 0 spiro atoms. The number of aromatic nitrogens is 3. The summed E-state index contributed by atoms with van der Waals surface area (Å²) in [7, 11) is 0. The predicted molar refractivity (Wildman–Crippen MR) is 66.7 cm³/mol. The van der Waals surface area contributed by atoms with Crippen molar-refractivity contribution in [2.75, 3.05) is 5.32 Å². The number of rotatable bonds is 2. The minimum atomic E-state index is -0.338. The zero-order valence-electron chi connectivity index (χ0n) is 9.01. The van der Waals surface area contributed by atoms with Gasteiger partial charge in [-0.05, 0) is 34.5 Å². The molecule has 6 heteroatoms. The number of halogens is 1. The molecule has 1 N–H and O–H groups in total. The molecule has 0 aromatic carbocycles. The van der Waals surface area contributed by atoms with E-state index in [2.05, 4.69) is 36.2 Å². The average molecular weight is 293 g/mol. The van der Waals surface area contributed by atoms with Crippen LogP contribution in [-0.4, -0.2) is 20.9 Å². The summed E-state index contributed by atoms with van der Waals surface area (Å²) >= 11 is 3.33. The fourth-order valence-electron chi connectivity index (χ4n) is 1.21. The zero-order chi connectivity index (χ0) is 12.3. The Labute approximate surface area is 106 Å². The Balaban J connectivity index is 2.19. The second-order valence-corrected chi connectivity index (χ2v) is 4.24. The number of carbonyl (C=O) groups excluding carboxylic acids is 1. The van der Waals surface area contributed by atoms with Crippen molar-refractivity contribution >= 4 is 27.7 Å². The molecule has 2 rings (SSSR count). The zero-order valence-corrected chi connectivity index (χ0v) is 10.6. The van der Waals surface area contributed by atoms with Crippen molar-refractivity contribution < 1.29 is 4.79 Å². The fraction of sp³-hybridized carbons (Fsp3) is 0.0909. The average Bonchev–Trinajstić information content (AvgIpc) is 2.34. The first kappa shape index (κ1) is 11.7. The molecule has 0 fully saturated rings. The van der Waals surface area contributed by atoms with Crippen molar-refractivity contribution in [2.24, 2.45) is 0 Å². The van der Waals surface area contributed by atoms with E-state index in [1.807, 2.05) is 13.0 Å². The molecule has 0 saturated carbocycles. The van der Waals surface area contributed by atoms with Crippen LogP contribution in [0.1, 0.15) is 16.1 Å². The van der Waals surface area contributed by atoms with E-state index in [1.165, 1.54) is 18.6 Å². The maximum atomic E-state index is 11.8. The van der Waals surface area contributed by atoms with Crippen LogP contribution < -0.4 is 5.32 Å². The molecule has 17 heavy (non-hydrogen) atoms. The summed E-state index contributed by atoms with van der Waals surface area (Å²) in [4.78, 5) is 23.6. The van der Waals surface area contributed by atoms with E-state index in [0.29, 0.717) is 5.82 Å². The van der Waals surface area contributed by atoms with Crippen molar-refractivity contribution in [3.8, 4) is 0 Å². The summed E-state index contributed by atoms with van der Waals surface area (Å²) in [5.74, 6) is 0.126. The van der Waals surface area contributed by atoms with E-state index >= 15 is 0 Å². The summed E-state index contributed by atoms with van der Waals surface area (Å²) in [5, 5.41) is 2.65. The standard InChI is InChI=1S/C11H9BrN4O/c1-7-4-8(12)10(15-5-7)16-11(17)9-6-13-2-3-14-9/h2-6H,1H3,(H,15,16,17). The maximum absolute atomic E-state index is 11.8. The first-order valence-corrected chi connectivity index (χ1v) is 5.65. The molecule has 86 valence electrons. The van der Waals surface area contributed by atoms with Gasteiger partial charge in [0.05, 0.1) is 10.7 Å². The smallest absolute Gasteiger partial charge is 0.277 e. The number of aryl methyl sites for hydroxylation is 1. The van der Waals surface area contributed by atoms with Crippen molar-refractivity contribution in [2.45, 2.75) is 6.92 Å². The highest BCUT2D eigenvalue weighted by Crippen LogP contribution is 2.20. The molecule has 0 saturated heterocycles. The number of anilines is 1. The Morgan fingerprint density at radius 2 is 2.12 bits per heavy atom. The summed E-state index contributed by atoms with van der Waals surface area (Å²) in [6.45, 7) is 1.92. The van der Waals surface area contributed by atoms with Crippen LogP contribution in [0.3, 0.4) is 0 Å². The number of nitrogens with one attached hydrogen (secondary N) is 1. The van der Waals surface area contributed by atoms with Gasteiger partial charge in [-0.25, -0.2) is 9.97 Å². The van der Waals surface area contributed by atoms with Gasteiger partial charge in [-0.2, -0.15) is 0 Å². The topological polar surface area (TPSA) is 67.8 Å². The number of hydrogen-bond donors (Lipinski definition) is 1. The van der Waals surface area contributed by atoms with Gasteiger partial charge in [-0.15, -0.1) is 0 Å². The van der Waals surface area contributed by atoms with Crippen molar-refractivity contribution in [3.63, 3.8) is 0 Å². The van der Waals surface area contributed by atoms with Crippen LogP contribution in [0.15, 0.2) is 35.3 Å². The van der Waals surface area contributed by atoms with Crippen LogP contribution in [0.2, 0.25) is 0 Å². The Morgan fingerprint density at radius 3 is 2.76 bits per heavy atom. The number of carbonyl (C=O) groups is 1. The first-order valence-electron chi connectivity index (χ1n) is 4.86. The molecule has 1 amide bonds. The quantitative estimate of drug-likeness (QED) is 0.921. The molecule has 2 heterocycles. The van der Waals surface area contributed by atoms with Crippen LogP contribution >= 0.6 is 15.9 Å². The van der Waals surface area contributed by atoms with E-state index in [1.54, 1.807) is 6.20 Å². The molecule has 0 bridgehead atoms. The van der Waals surface area contributed by atoms with Gasteiger partial charge in [-0.1, -0.05) is 0 Å². The number of hydrogen-bond acceptors (Lipinski definition) is 4. The molecule has 2 aromatic rings. The highest BCUT2D eigenvalue weighted by atomic mass is 79.9. The lowest BCUT2D eigenvalue weighted by molar-refractivity contribution is 0.102. The van der Waals surface area contributed by atoms with Crippen LogP contribution in [0.4, 0.5) is 5.82 Å². The van der Waals surface area contributed by atoms with Gasteiger partial charge < -0.3 is 5.32 Å². The second-order valence-electron chi connectivity index (χ2n) is 3.39. The minimum Gasteiger partial charge on any atom is -0.304 e. The maximum Gasteiger partial charge on any atom is 0.277 e. The lowest BCUT2D eigenvalue weighted by Gasteiger charge is -2.05. The molecule has 0 radical (unpaired) electrons. The highest BCUT2D eigenvalue weighted by Gasteiger charge is 2.10. The summed E-state index contributed by atoms with van der Waals surface area (Å²) in [6.07, 6.45) is 6.05. The molecule has 0 aliphatic heterocycles. The van der Waals surface area contributed by atoms with Crippen molar-refractivity contribution in [3.05, 3.63) is 46.6 Å². The van der Waals surface area contributed by atoms with Gasteiger partial charge in [0.15, 0.2) is 0 Å². The molecule has 0 aliphatic carbocycles.